The monoisotopic (exact) mass is 438 g/mol. The van der Waals surface area contributed by atoms with Crippen LogP contribution in [0, 0.1) is 0 Å². The maximum Gasteiger partial charge on any atom is 0.335 e. The summed E-state index contributed by atoms with van der Waals surface area (Å²) in [5.74, 6) is -3.06. The fourth-order valence-corrected chi connectivity index (χ4v) is 3.71. The number of carboxylic acids is 3. The summed E-state index contributed by atoms with van der Waals surface area (Å²) >= 11 is 0. The molecular formula is C27H18O6. The Morgan fingerprint density at radius 2 is 0.727 bits per heavy atom. The molecule has 0 aliphatic carbocycles. The first-order valence-corrected chi connectivity index (χ1v) is 9.99. The summed E-state index contributed by atoms with van der Waals surface area (Å²) in [6, 6.07) is 25.2. The number of rotatable bonds is 6. The Kier molecular flexibility index (Phi) is 5.74. The Morgan fingerprint density at radius 1 is 0.424 bits per heavy atom. The maximum absolute atomic E-state index is 11.3. The molecule has 0 saturated heterocycles. The van der Waals surface area contributed by atoms with E-state index in [9.17, 15) is 29.7 Å². The molecule has 4 rings (SSSR count). The van der Waals surface area contributed by atoms with Crippen LogP contribution in [0.5, 0.6) is 0 Å². The van der Waals surface area contributed by atoms with Crippen molar-refractivity contribution in [1.82, 2.24) is 0 Å². The van der Waals surface area contributed by atoms with Crippen LogP contribution in [0.2, 0.25) is 0 Å². The number of hydrogen-bond donors (Lipinski definition) is 3. The van der Waals surface area contributed by atoms with E-state index in [0.717, 1.165) is 33.4 Å². The van der Waals surface area contributed by atoms with Crippen LogP contribution in [0.15, 0.2) is 91.0 Å². The Balaban J connectivity index is 1.93. The minimum Gasteiger partial charge on any atom is -0.478 e. The van der Waals surface area contributed by atoms with Gasteiger partial charge in [-0.1, -0.05) is 54.6 Å². The standard InChI is InChI=1S/C27H18O6/c28-25(29)19-10-4-16(5-11-19)22-2-1-3-23(17-6-12-20(13-7-17)26(30)31)24(22)18-8-14-21(15-9-18)27(32)33/h1-15H,(H,28,29)(H,30,31)(H,32,33). The number of hydrogen-bond acceptors (Lipinski definition) is 3. The van der Waals surface area contributed by atoms with E-state index in [0.29, 0.717) is 0 Å². The van der Waals surface area contributed by atoms with Gasteiger partial charge in [-0.25, -0.2) is 14.4 Å². The molecule has 0 aromatic heterocycles. The highest BCUT2D eigenvalue weighted by molar-refractivity contribution is 5.97. The third-order valence-electron chi connectivity index (χ3n) is 5.37. The van der Waals surface area contributed by atoms with Gasteiger partial charge < -0.3 is 15.3 Å². The number of carbonyl (C=O) groups is 3. The van der Waals surface area contributed by atoms with Gasteiger partial charge >= 0.3 is 17.9 Å². The van der Waals surface area contributed by atoms with Gasteiger partial charge in [0, 0.05) is 0 Å². The molecule has 4 aromatic rings. The van der Waals surface area contributed by atoms with Crippen molar-refractivity contribution in [2.75, 3.05) is 0 Å². The van der Waals surface area contributed by atoms with E-state index < -0.39 is 17.9 Å². The van der Waals surface area contributed by atoms with Gasteiger partial charge in [-0.05, 0) is 69.8 Å². The lowest BCUT2D eigenvalue weighted by Crippen LogP contribution is -1.98. The molecule has 6 heteroatoms. The van der Waals surface area contributed by atoms with Crippen molar-refractivity contribution < 1.29 is 29.7 Å². The second kappa shape index (κ2) is 8.80. The highest BCUT2D eigenvalue weighted by Crippen LogP contribution is 2.40. The fraction of sp³-hybridized carbons (Fsp3) is 0. The van der Waals surface area contributed by atoms with E-state index in [4.69, 9.17) is 0 Å². The van der Waals surface area contributed by atoms with Crippen molar-refractivity contribution in [3.8, 4) is 33.4 Å². The number of benzene rings is 4. The van der Waals surface area contributed by atoms with Gasteiger partial charge in [0.25, 0.3) is 0 Å². The van der Waals surface area contributed by atoms with E-state index >= 15 is 0 Å². The summed E-state index contributed by atoms with van der Waals surface area (Å²) in [4.78, 5) is 33.8. The first kappa shape index (κ1) is 21.5. The molecule has 0 unspecified atom stereocenters. The third-order valence-corrected chi connectivity index (χ3v) is 5.37. The predicted octanol–water partition coefficient (Wildman–Crippen LogP) is 5.78. The molecule has 0 bridgehead atoms. The van der Waals surface area contributed by atoms with E-state index in [1.807, 2.05) is 18.2 Å². The highest BCUT2D eigenvalue weighted by atomic mass is 16.4. The summed E-state index contributed by atoms with van der Waals surface area (Å²) < 4.78 is 0. The van der Waals surface area contributed by atoms with Gasteiger partial charge in [-0.15, -0.1) is 0 Å². The van der Waals surface area contributed by atoms with Crippen molar-refractivity contribution in [3.05, 3.63) is 108 Å². The van der Waals surface area contributed by atoms with Crippen LogP contribution in [-0.2, 0) is 0 Å². The summed E-state index contributed by atoms with van der Waals surface area (Å²) in [5, 5.41) is 27.7. The van der Waals surface area contributed by atoms with E-state index in [2.05, 4.69) is 0 Å². The minimum absolute atomic E-state index is 0.161. The minimum atomic E-state index is -1.02. The average Bonchev–Trinajstić information content (AvgIpc) is 2.83. The smallest absolute Gasteiger partial charge is 0.335 e. The SMILES string of the molecule is O=C(O)c1ccc(-c2cccc(-c3ccc(C(=O)O)cc3)c2-c2ccc(C(=O)O)cc2)cc1. The van der Waals surface area contributed by atoms with Gasteiger partial charge in [0.05, 0.1) is 16.7 Å². The number of aromatic carboxylic acids is 3. The molecule has 0 aliphatic rings. The van der Waals surface area contributed by atoms with E-state index in [1.165, 1.54) is 36.4 Å². The van der Waals surface area contributed by atoms with E-state index in [1.54, 1.807) is 36.4 Å². The molecule has 0 spiro atoms. The molecule has 0 fully saturated rings. The topological polar surface area (TPSA) is 112 Å². The van der Waals surface area contributed by atoms with Crippen LogP contribution in [0.25, 0.3) is 33.4 Å². The Bertz CT molecular complexity index is 1280. The molecule has 4 aromatic carbocycles. The third kappa shape index (κ3) is 4.36. The first-order valence-electron chi connectivity index (χ1n) is 9.99. The van der Waals surface area contributed by atoms with Gasteiger partial charge in [-0.2, -0.15) is 0 Å². The second-order valence-electron chi connectivity index (χ2n) is 7.38. The average molecular weight is 438 g/mol. The number of carboxylic acid groups (broad SMARTS) is 3. The van der Waals surface area contributed by atoms with E-state index in [-0.39, 0.29) is 16.7 Å². The molecule has 0 saturated carbocycles. The fourth-order valence-electron chi connectivity index (χ4n) is 3.71. The normalized spacial score (nSPS) is 10.5. The second-order valence-corrected chi connectivity index (χ2v) is 7.38. The Labute approximate surface area is 189 Å². The maximum atomic E-state index is 11.3. The summed E-state index contributed by atoms with van der Waals surface area (Å²) in [7, 11) is 0. The zero-order valence-electron chi connectivity index (χ0n) is 17.2. The van der Waals surface area contributed by atoms with Crippen molar-refractivity contribution >= 4 is 17.9 Å². The van der Waals surface area contributed by atoms with Crippen molar-refractivity contribution in [2.45, 2.75) is 0 Å². The quantitative estimate of drug-likeness (QED) is 0.352. The summed E-state index contributed by atoms with van der Waals surface area (Å²) in [5.41, 5.74) is 5.34. The van der Waals surface area contributed by atoms with Crippen molar-refractivity contribution in [1.29, 1.82) is 0 Å². The van der Waals surface area contributed by atoms with Gasteiger partial charge in [0.2, 0.25) is 0 Å². The molecule has 3 N–H and O–H groups in total. The van der Waals surface area contributed by atoms with Gasteiger partial charge in [0.1, 0.15) is 0 Å². The van der Waals surface area contributed by atoms with Crippen LogP contribution in [-0.4, -0.2) is 33.2 Å². The molecule has 33 heavy (non-hydrogen) atoms. The van der Waals surface area contributed by atoms with Crippen LogP contribution in [0.1, 0.15) is 31.1 Å². The molecule has 0 radical (unpaired) electrons. The largest absolute Gasteiger partial charge is 0.478 e. The molecular weight excluding hydrogens is 420 g/mol. The van der Waals surface area contributed by atoms with Crippen LogP contribution < -0.4 is 0 Å². The van der Waals surface area contributed by atoms with Crippen LogP contribution in [0.4, 0.5) is 0 Å². The van der Waals surface area contributed by atoms with Crippen molar-refractivity contribution in [2.24, 2.45) is 0 Å². The zero-order chi connectivity index (χ0) is 23.5. The molecule has 162 valence electrons. The summed E-state index contributed by atoms with van der Waals surface area (Å²) in [6.07, 6.45) is 0. The zero-order valence-corrected chi connectivity index (χ0v) is 17.2. The lowest BCUT2D eigenvalue weighted by atomic mass is 9.87. The summed E-state index contributed by atoms with van der Waals surface area (Å²) in [6.45, 7) is 0. The molecule has 0 amide bonds. The molecule has 0 atom stereocenters. The van der Waals surface area contributed by atoms with Crippen LogP contribution in [0.3, 0.4) is 0 Å². The molecule has 0 heterocycles. The van der Waals surface area contributed by atoms with Gasteiger partial charge in [-0.3, -0.25) is 0 Å². The predicted molar refractivity (Wildman–Crippen MR) is 124 cm³/mol. The Morgan fingerprint density at radius 3 is 1.03 bits per heavy atom. The van der Waals surface area contributed by atoms with Crippen LogP contribution >= 0.6 is 0 Å². The Hall–Kier alpha value is -4.71. The lowest BCUT2D eigenvalue weighted by molar-refractivity contribution is 0.0686. The van der Waals surface area contributed by atoms with Crippen molar-refractivity contribution in [3.63, 3.8) is 0 Å². The first-order chi connectivity index (χ1) is 15.8. The molecule has 0 aliphatic heterocycles. The van der Waals surface area contributed by atoms with Gasteiger partial charge in [0.15, 0.2) is 0 Å². The molecule has 6 nitrogen and oxygen atoms in total. The highest BCUT2D eigenvalue weighted by Gasteiger charge is 2.16. The lowest BCUT2D eigenvalue weighted by Gasteiger charge is -2.17.